The predicted octanol–water partition coefficient (Wildman–Crippen LogP) is 3.51. The number of halogens is 1. The van der Waals surface area contributed by atoms with Gasteiger partial charge in [0.2, 0.25) is 0 Å². The molecule has 148 valence electrons. The summed E-state index contributed by atoms with van der Waals surface area (Å²) in [4.78, 5) is 37.1. The maximum Gasteiger partial charge on any atom is 0.352 e. The zero-order valence-corrected chi connectivity index (χ0v) is 17.3. The molecule has 8 heteroatoms. The number of para-hydroxylation sites is 1. The molecule has 0 aliphatic rings. The Hall–Kier alpha value is -3.39. The Morgan fingerprint density at radius 3 is 2.28 bits per heavy atom. The minimum absolute atomic E-state index is 0.0913. The topological polar surface area (TPSA) is 93.3 Å². The van der Waals surface area contributed by atoms with Crippen LogP contribution in [0.5, 0.6) is 0 Å². The van der Waals surface area contributed by atoms with Gasteiger partial charge in [-0.3, -0.25) is 14.3 Å². The molecule has 0 fully saturated rings. The molecule has 0 aliphatic heterocycles. The Kier molecular flexibility index (Phi) is 5.84. The van der Waals surface area contributed by atoms with Gasteiger partial charge in [-0.15, -0.1) is 0 Å². The SMILES string of the molecule is Cc1c(NC(=CC(=O)c2ccc(Br)cc2)C(=O)O)c(=O)n(-c2ccccc2)n1C. The van der Waals surface area contributed by atoms with Crippen molar-refractivity contribution in [2.45, 2.75) is 6.92 Å². The van der Waals surface area contributed by atoms with E-state index in [9.17, 15) is 19.5 Å². The molecule has 7 nitrogen and oxygen atoms in total. The molecular weight excluding hydrogens is 438 g/mol. The van der Waals surface area contributed by atoms with E-state index < -0.39 is 17.3 Å². The van der Waals surface area contributed by atoms with Gasteiger partial charge in [0.25, 0.3) is 5.56 Å². The number of ketones is 1. The number of aliphatic carboxylic acids is 1. The van der Waals surface area contributed by atoms with E-state index >= 15 is 0 Å². The molecule has 0 radical (unpaired) electrons. The lowest BCUT2D eigenvalue weighted by molar-refractivity contribution is -0.132. The average molecular weight is 456 g/mol. The Morgan fingerprint density at radius 2 is 1.69 bits per heavy atom. The molecule has 2 N–H and O–H groups in total. The number of aromatic nitrogens is 2. The van der Waals surface area contributed by atoms with Gasteiger partial charge >= 0.3 is 5.97 Å². The number of hydrogen-bond donors (Lipinski definition) is 2. The van der Waals surface area contributed by atoms with Gasteiger partial charge in [0.05, 0.1) is 11.4 Å². The summed E-state index contributed by atoms with van der Waals surface area (Å²) in [5.41, 5.74) is 0.794. The number of nitrogens with zero attached hydrogens (tertiary/aromatic N) is 2. The number of carbonyl (C=O) groups is 2. The van der Waals surface area contributed by atoms with Crippen molar-refractivity contribution in [3.05, 3.63) is 92.5 Å². The van der Waals surface area contributed by atoms with E-state index in [1.165, 1.54) is 4.68 Å². The van der Waals surface area contributed by atoms with Crippen LogP contribution < -0.4 is 10.9 Å². The molecule has 2 aromatic carbocycles. The zero-order valence-electron chi connectivity index (χ0n) is 15.7. The predicted molar refractivity (Wildman–Crippen MR) is 114 cm³/mol. The molecule has 0 saturated carbocycles. The van der Waals surface area contributed by atoms with Crippen LogP contribution in [0.1, 0.15) is 16.1 Å². The second-order valence-electron chi connectivity index (χ2n) is 6.30. The number of carboxylic acids is 1. The van der Waals surface area contributed by atoms with Gasteiger partial charge < -0.3 is 10.4 Å². The van der Waals surface area contributed by atoms with Crippen LogP contribution in [-0.4, -0.2) is 26.2 Å². The summed E-state index contributed by atoms with van der Waals surface area (Å²) in [6.45, 7) is 1.69. The summed E-state index contributed by atoms with van der Waals surface area (Å²) in [5, 5.41) is 12.2. The van der Waals surface area contributed by atoms with Crippen molar-refractivity contribution in [2.24, 2.45) is 7.05 Å². The van der Waals surface area contributed by atoms with Crippen LogP contribution in [0, 0.1) is 6.92 Å². The fourth-order valence-electron chi connectivity index (χ4n) is 2.83. The molecule has 1 aromatic heterocycles. The number of allylic oxidation sites excluding steroid dienone is 1. The van der Waals surface area contributed by atoms with Crippen molar-refractivity contribution in [1.82, 2.24) is 9.36 Å². The Morgan fingerprint density at radius 1 is 1.07 bits per heavy atom. The molecule has 0 atom stereocenters. The van der Waals surface area contributed by atoms with Crippen molar-refractivity contribution in [3.8, 4) is 5.69 Å². The number of benzene rings is 2. The summed E-state index contributed by atoms with van der Waals surface area (Å²) in [7, 11) is 1.70. The van der Waals surface area contributed by atoms with Gasteiger partial charge in [-0.1, -0.05) is 34.1 Å². The van der Waals surface area contributed by atoms with E-state index in [1.54, 1.807) is 67.2 Å². The van der Waals surface area contributed by atoms with Crippen LogP contribution in [-0.2, 0) is 11.8 Å². The van der Waals surface area contributed by atoms with Gasteiger partial charge in [-0.05, 0) is 43.3 Å². The summed E-state index contributed by atoms with van der Waals surface area (Å²) in [5.74, 6) is -1.83. The summed E-state index contributed by atoms with van der Waals surface area (Å²) in [6.07, 6.45) is 0.976. The Balaban J connectivity index is 2.00. The molecule has 0 bridgehead atoms. The molecule has 1 heterocycles. The van der Waals surface area contributed by atoms with Crippen molar-refractivity contribution in [3.63, 3.8) is 0 Å². The largest absolute Gasteiger partial charge is 0.477 e. The highest BCUT2D eigenvalue weighted by Gasteiger charge is 2.20. The van der Waals surface area contributed by atoms with Crippen molar-refractivity contribution in [2.75, 3.05) is 5.32 Å². The van der Waals surface area contributed by atoms with Crippen molar-refractivity contribution in [1.29, 1.82) is 0 Å². The molecule has 3 rings (SSSR count). The molecule has 29 heavy (non-hydrogen) atoms. The van der Waals surface area contributed by atoms with Crippen molar-refractivity contribution >= 4 is 33.4 Å². The molecule has 0 aliphatic carbocycles. The minimum atomic E-state index is -1.34. The van der Waals surface area contributed by atoms with E-state index in [1.807, 2.05) is 6.07 Å². The molecule has 0 amide bonds. The second-order valence-corrected chi connectivity index (χ2v) is 7.21. The van der Waals surface area contributed by atoms with E-state index in [0.29, 0.717) is 16.9 Å². The van der Waals surface area contributed by atoms with E-state index in [0.717, 1.165) is 10.5 Å². The third-order valence-corrected chi connectivity index (χ3v) is 4.98. The first-order valence-corrected chi connectivity index (χ1v) is 9.45. The van der Waals surface area contributed by atoms with Gasteiger partial charge in [0.15, 0.2) is 5.78 Å². The maximum atomic E-state index is 12.9. The first-order valence-electron chi connectivity index (χ1n) is 8.65. The fourth-order valence-corrected chi connectivity index (χ4v) is 3.09. The normalized spacial score (nSPS) is 11.3. The van der Waals surface area contributed by atoms with Gasteiger partial charge in [-0.2, -0.15) is 0 Å². The first-order chi connectivity index (χ1) is 13.8. The second kappa shape index (κ2) is 8.32. The highest BCUT2D eigenvalue weighted by atomic mass is 79.9. The third-order valence-electron chi connectivity index (χ3n) is 4.45. The quantitative estimate of drug-likeness (QED) is 0.438. The van der Waals surface area contributed by atoms with Crippen LogP contribution in [0.2, 0.25) is 0 Å². The average Bonchev–Trinajstić information content (AvgIpc) is 2.91. The third kappa shape index (κ3) is 4.22. The zero-order chi connectivity index (χ0) is 21.1. The lowest BCUT2D eigenvalue weighted by Crippen LogP contribution is -2.22. The van der Waals surface area contributed by atoms with Crippen LogP contribution in [0.3, 0.4) is 0 Å². The monoisotopic (exact) mass is 455 g/mol. The highest BCUT2D eigenvalue weighted by molar-refractivity contribution is 9.10. The van der Waals surface area contributed by atoms with Crippen LogP contribution in [0.4, 0.5) is 5.69 Å². The van der Waals surface area contributed by atoms with Crippen LogP contribution >= 0.6 is 15.9 Å². The van der Waals surface area contributed by atoms with Gasteiger partial charge in [0.1, 0.15) is 11.4 Å². The molecular formula is C21H18BrN3O4. The lowest BCUT2D eigenvalue weighted by Gasteiger charge is -2.07. The van der Waals surface area contributed by atoms with Crippen LogP contribution in [0.25, 0.3) is 5.69 Å². The number of nitrogens with one attached hydrogen (secondary N) is 1. The maximum absolute atomic E-state index is 12.9. The fraction of sp³-hybridized carbons (Fsp3) is 0.0952. The summed E-state index contributed by atoms with van der Waals surface area (Å²) < 4.78 is 3.85. The molecule has 3 aromatic rings. The minimum Gasteiger partial charge on any atom is -0.477 e. The van der Waals surface area contributed by atoms with Gasteiger partial charge in [0, 0.05) is 23.2 Å². The smallest absolute Gasteiger partial charge is 0.352 e. The number of carbonyl (C=O) groups excluding carboxylic acids is 1. The lowest BCUT2D eigenvalue weighted by atomic mass is 10.1. The highest BCUT2D eigenvalue weighted by Crippen LogP contribution is 2.17. The summed E-state index contributed by atoms with van der Waals surface area (Å²) >= 11 is 3.28. The van der Waals surface area contributed by atoms with Gasteiger partial charge in [-0.25, -0.2) is 9.48 Å². The van der Waals surface area contributed by atoms with E-state index in [4.69, 9.17) is 0 Å². The van der Waals surface area contributed by atoms with Crippen molar-refractivity contribution < 1.29 is 14.7 Å². The molecule has 0 unspecified atom stereocenters. The number of hydrogen-bond acceptors (Lipinski definition) is 4. The van der Waals surface area contributed by atoms with E-state index in [-0.39, 0.29) is 11.4 Å². The Bertz CT molecular complexity index is 1160. The number of carboxylic acid groups (broad SMARTS) is 1. The standard InChI is InChI=1S/C21H18BrN3O4/c1-13-19(20(27)25(24(13)2)16-6-4-3-5-7-16)23-17(21(28)29)12-18(26)14-8-10-15(22)11-9-14/h3-12,23H,1-2H3,(H,28,29). The van der Waals surface area contributed by atoms with E-state index in [2.05, 4.69) is 21.2 Å². The van der Waals surface area contributed by atoms with Crippen LogP contribution in [0.15, 0.2) is 75.6 Å². The number of anilines is 1. The molecule has 0 spiro atoms. The molecule has 0 saturated heterocycles. The number of rotatable bonds is 6. The Labute approximate surface area is 175 Å². The first kappa shape index (κ1) is 20.3. The summed E-state index contributed by atoms with van der Waals surface area (Å²) in [6, 6.07) is 15.5.